The van der Waals surface area contributed by atoms with Gasteiger partial charge in [-0.15, -0.1) is 0 Å². The van der Waals surface area contributed by atoms with Gasteiger partial charge in [0.2, 0.25) is 5.91 Å². The highest BCUT2D eigenvalue weighted by Crippen LogP contribution is 2.48. The third-order valence-corrected chi connectivity index (χ3v) is 7.38. The number of nitrogens with zero attached hydrogens (tertiary/aromatic N) is 3. The van der Waals surface area contributed by atoms with Crippen molar-refractivity contribution in [2.75, 3.05) is 57.9 Å². The van der Waals surface area contributed by atoms with Gasteiger partial charge in [0.05, 0.1) is 13.7 Å². The van der Waals surface area contributed by atoms with Crippen molar-refractivity contribution >= 4 is 17.7 Å². The van der Waals surface area contributed by atoms with Gasteiger partial charge in [-0.1, -0.05) is 0 Å². The van der Waals surface area contributed by atoms with Crippen LogP contribution in [0.5, 0.6) is 5.75 Å². The summed E-state index contributed by atoms with van der Waals surface area (Å²) < 4.78 is 10.6. The Labute approximate surface area is 185 Å². The van der Waals surface area contributed by atoms with Crippen LogP contribution in [0.1, 0.15) is 45.1 Å². The molecule has 0 aliphatic carbocycles. The number of carbonyl (C=O) groups is 2. The Bertz CT molecular complexity index is 811. The Hall–Kier alpha value is -2.28. The summed E-state index contributed by atoms with van der Waals surface area (Å²) in [6.45, 7) is 9.48. The van der Waals surface area contributed by atoms with Crippen molar-refractivity contribution in [3.63, 3.8) is 0 Å². The van der Waals surface area contributed by atoms with Crippen LogP contribution in [0.3, 0.4) is 0 Å². The van der Waals surface area contributed by atoms with Gasteiger partial charge in [0.15, 0.2) is 0 Å². The summed E-state index contributed by atoms with van der Waals surface area (Å²) >= 11 is 0. The first-order valence-electron chi connectivity index (χ1n) is 11.6. The summed E-state index contributed by atoms with van der Waals surface area (Å²) in [7, 11) is 1.70. The number of carbonyl (C=O) groups excluding carboxylic acids is 2. The molecule has 0 radical (unpaired) electrons. The molecular weight excluding hydrogens is 394 g/mol. The summed E-state index contributed by atoms with van der Waals surface area (Å²) in [5.74, 6) is 1.60. The van der Waals surface area contributed by atoms with Crippen LogP contribution in [0.25, 0.3) is 0 Å². The first kappa shape index (κ1) is 21.9. The molecule has 3 aliphatic heterocycles. The van der Waals surface area contributed by atoms with Crippen molar-refractivity contribution in [3.05, 3.63) is 23.8 Å². The fraction of sp³-hybridized carbons (Fsp3) is 0.667. The lowest BCUT2D eigenvalue weighted by molar-refractivity contribution is -0.116. The molecule has 7 heteroatoms. The fourth-order valence-corrected chi connectivity index (χ4v) is 5.53. The Balaban J connectivity index is 1.36. The number of anilines is 1. The molecule has 3 aliphatic rings. The molecule has 1 aromatic carbocycles. The van der Waals surface area contributed by atoms with Crippen molar-refractivity contribution in [2.45, 2.75) is 44.9 Å². The minimum Gasteiger partial charge on any atom is -0.497 e. The van der Waals surface area contributed by atoms with Crippen LogP contribution in [0, 0.1) is 5.92 Å². The largest absolute Gasteiger partial charge is 0.497 e. The normalized spacial score (nSPS) is 21.3. The van der Waals surface area contributed by atoms with Crippen molar-refractivity contribution in [2.24, 2.45) is 5.92 Å². The maximum Gasteiger partial charge on any atom is 0.409 e. The van der Waals surface area contributed by atoms with Gasteiger partial charge < -0.3 is 24.2 Å². The first-order chi connectivity index (χ1) is 15.0. The number of piperidine rings is 2. The molecule has 0 aromatic heterocycles. The quantitative estimate of drug-likeness (QED) is 0.735. The zero-order chi connectivity index (χ0) is 22.0. The van der Waals surface area contributed by atoms with Crippen LogP contribution in [0.15, 0.2) is 18.2 Å². The first-order valence-corrected chi connectivity index (χ1v) is 11.6. The van der Waals surface area contributed by atoms with Gasteiger partial charge in [0.25, 0.3) is 0 Å². The van der Waals surface area contributed by atoms with Gasteiger partial charge in [-0.25, -0.2) is 4.79 Å². The molecule has 3 heterocycles. The van der Waals surface area contributed by atoms with E-state index in [1.54, 1.807) is 14.0 Å². The average Bonchev–Trinajstić information content (AvgIpc) is 3.10. The van der Waals surface area contributed by atoms with Crippen LogP contribution in [-0.4, -0.2) is 74.8 Å². The topological polar surface area (TPSA) is 62.3 Å². The van der Waals surface area contributed by atoms with Gasteiger partial charge in [-0.3, -0.25) is 4.79 Å². The monoisotopic (exact) mass is 429 g/mol. The van der Waals surface area contributed by atoms with Gasteiger partial charge in [-0.2, -0.15) is 0 Å². The van der Waals surface area contributed by atoms with Crippen molar-refractivity contribution in [3.8, 4) is 5.75 Å². The minimum atomic E-state index is -0.175. The lowest BCUT2D eigenvalue weighted by Gasteiger charge is -2.42. The smallest absolute Gasteiger partial charge is 0.409 e. The van der Waals surface area contributed by atoms with E-state index < -0.39 is 0 Å². The van der Waals surface area contributed by atoms with Crippen molar-refractivity contribution < 1.29 is 19.1 Å². The number of likely N-dealkylation sites (tertiary alicyclic amines) is 2. The summed E-state index contributed by atoms with van der Waals surface area (Å²) in [6.07, 6.45) is 4.01. The van der Waals surface area contributed by atoms with Crippen molar-refractivity contribution in [1.29, 1.82) is 0 Å². The van der Waals surface area contributed by atoms with Gasteiger partial charge in [-0.05, 0) is 75.4 Å². The molecule has 0 bridgehead atoms. The Morgan fingerprint density at radius 1 is 1.13 bits per heavy atom. The predicted molar refractivity (Wildman–Crippen MR) is 120 cm³/mol. The van der Waals surface area contributed by atoms with Crippen LogP contribution >= 0.6 is 0 Å². The van der Waals surface area contributed by atoms with E-state index in [1.807, 2.05) is 28.9 Å². The number of fused-ring (bicyclic) bond motifs is 2. The van der Waals surface area contributed by atoms with Crippen LogP contribution in [-0.2, 0) is 14.9 Å². The minimum absolute atomic E-state index is 0.0271. The molecule has 1 aromatic rings. The van der Waals surface area contributed by atoms with Gasteiger partial charge in [0, 0.05) is 44.2 Å². The molecule has 4 rings (SSSR count). The molecule has 31 heavy (non-hydrogen) atoms. The zero-order valence-electron chi connectivity index (χ0n) is 19.1. The third kappa shape index (κ3) is 4.38. The number of amides is 2. The molecule has 170 valence electrons. The van der Waals surface area contributed by atoms with E-state index in [1.165, 1.54) is 5.56 Å². The van der Waals surface area contributed by atoms with Crippen molar-refractivity contribution in [1.82, 2.24) is 9.80 Å². The van der Waals surface area contributed by atoms with Crippen LogP contribution < -0.4 is 9.64 Å². The summed E-state index contributed by atoms with van der Waals surface area (Å²) in [6, 6.07) is 6.12. The second-order valence-corrected chi connectivity index (χ2v) is 9.20. The number of benzene rings is 1. The van der Waals surface area contributed by atoms with Crippen LogP contribution in [0.4, 0.5) is 10.5 Å². The van der Waals surface area contributed by atoms with E-state index in [0.29, 0.717) is 12.5 Å². The Kier molecular flexibility index (Phi) is 6.42. The molecule has 7 nitrogen and oxygen atoms in total. The molecule has 0 atom stereocenters. The number of rotatable bonds is 4. The highest BCUT2D eigenvalue weighted by molar-refractivity contribution is 5.95. The molecule has 2 saturated heterocycles. The number of hydrogen-bond acceptors (Lipinski definition) is 5. The molecule has 0 unspecified atom stereocenters. The number of methoxy groups -OCH3 is 1. The maximum absolute atomic E-state index is 12.3. The third-order valence-electron chi connectivity index (χ3n) is 7.38. The molecule has 1 spiro atoms. The molecule has 0 N–H and O–H groups in total. The Morgan fingerprint density at radius 2 is 1.84 bits per heavy atom. The zero-order valence-corrected chi connectivity index (χ0v) is 19.1. The fourth-order valence-electron chi connectivity index (χ4n) is 5.53. The Morgan fingerprint density at radius 3 is 2.45 bits per heavy atom. The highest BCUT2D eigenvalue weighted by Gasteiger charge is 2.46. The van der Waals surface area contributed by atoms with Gasteiger partial charge >= 0.3 is 6.09 Å². The second-order valence-electron chi connectivity index (χ2n) is 9.20. The second kappa shape index (κ2) is 9.07. The SMILES string of the molecule is CCOC(=O)N1CCC(CN2CCC3(CC2)CN(C(C)=O)c2ccc(OC)cc23)CC1. The summed E-state index contributed by atoms with van der Waals surface area (Å²) in [5.41, 5.74) is 2.34. The van der Waals surface area contributed by atoms with E-state index in [9.17, 15) is 9.59 Å². The highest BCUT2D eigenvalue weighted by atomic mass is 16.6. The average molecular weight is 430 g/mol. The number of ether oxygens (including phenoxy) is 2. The lowest BCUT2D eigenvalue weighted by atomic mass is 9.74. The molecular formula is C24H35N3O4. The van der Waals surface area contributed by atoms with Gasteiger partial charge in [0.1, 0.15) is 5.75 Å². The van der Waals surface area contributed by atoms with E-state index in [4.69, 9.17) is 9.47 Å². The lowest BCUT2D eigenvalue weighted by Crippen LogP contribution is -2.48. The molecule has 2 fully saturated rings. The van der Waals surface area contributed by atoms with E-state index >= 15 is 0 Å². The van der Waals surface area contributed by atoms with E-state index in [-0.39, 0.29) is 17.4 Å². The summed E-state index contributed by atoms with van der Waals surface area (Å²) in [4.78, 5) is 30.5. The predicted octanol–water partition coefficient (Wildman–Crippen LogP) is 3.26. The standard InChI is InChI=1S/C24H35N3O4/c1-4-31-23(29)26-11-7-19(8-12-26)16-25-13-9-24(10-14-25)17-27(18(2)28)22-6-5-20(30-3)15-21(22)24/h5-6,15,19H,4,7-14,16-17H2,1-3H3. The summed E-state index contributed by atoms with van der Waals surface area (Å²) in [5, 5.41) is 0. The van der Waals surface area contributed by atoms with E-state index in [2.05, 4.69) is 11.0 Å². The number of hydrogen-bond donors (Lipinski definition) is 0. The molecule has 2 amide bonds. The van der Waals surface area contributed by atoms with Crippen LogP contribution in [0.2, 0.25) is 0 Å². The molecule has 0 saturated carbocycles. The maximum atomic E-state index is 12.3. The van der Waals surface area contributed by atoms with E-state index in [0.717, 1.165) is 76.4 Å².